The maximum Gasteiger partial charge on any atom is 0.326 e. The highest BCUT2D eigenvalue weighted by Crippen LogP contribution is 2.13. The van der Waals surface area contributed by atoms with Gasteiger partial charge in [-0.15, -0.1) is 0 Å². The number of nitrogens with one attached hydrogen (secondary N) is 2. The maximum atomic E-state index is 12.2. The average Bonchev–Trinajstić information content (AvgIpc) is 2.88. The zero-order valence-electron chi connectivity index (χ0n) is 23.8. The van der Waals surface area contributed by atoms with Crippen molar-refractivity contribution in [2.45, 2.75) is 129 Å². The molecule has 8 nitrogen and oxygen atoms in total. The lowest BCUT2D eigenvalue weighted by Gasteiger charge is -2.14. The first kappa shape index (κ1) is 35.5. The second kappa shape index (κ2) is 27.5. The average molecular weight is 529 g/mol. The number of carboxylic acids is 1. The van der Waals surface area contributed by atoms with Crippen LogP contribution in [0.4, 0.5) is 0 Å². The third-order valence-corrected chi connectivity index (χ3v) is 6.47. The van der Waals surface area contributed by atoms with Crippen molar-refractivity contribution in [2.24, 2.45) is 0 Å². The van der Waals surface area contributed by atoms with Gasteiger partial charge >= 0.3 is 5.97 Å². The molecule has 0 aliphatic carbocycles. The molecule has 1 atom stereocenters. The van der Waals surface area contributed by atoms with E-state index in [4.69, 9.17) is 9.47 Å². The summed E-state index contributed by atoms with van der Waals surface area (Å²) >= 11 is 0. The Kier molecular flexibility index (Phi) is 26.4. The van der Waals surface area contributed by atoms with Crippen LogP contribution in [-0.2, 0) is 23.9 Å². The van der Waals surface area contributed by atoms with Crippen molar-refractivity contribution in [1.29, 1.82) is 0 Å². The zero-order chi connectivity index (χ0) is 27.4. The van der Waals surface area contributed by atoms with Gasteiger partial charge in [0, 0.05) is 32.4 Å². The number of carbonyl (C=O) groups excluding carboxylic acids is 2. The molecule has 218 valence electrons. The van der Waals surface area contributed by atoms with E-state index in [2.05, 4.69) is 17.6 Å². The molecule has 1 amide bonds. The molecule has 0 aromatic rings. The van der Waals surface area contributed by atoms with Gasteiger partial charge in [-0.25, -0.2) is 4.79 Å². The Labute approximate surface area is 226 Å². The SMILES string of the molecule is CCCCCCCCCCCCCCCC(=O)NC(CCC(=O)CCCOCCOCCNC)C(=O)O. The first-order chi connectivity index (χ1) is 18.0. The van der Waals surface area contributed by atoms with Crippen LogP contribution in [0.1, 0.15) is 122 Å². The fourth-order valence-electron chi connectivity index (χ4n) is 4.13. The van der Waals surface area contributed by atoms with Crippen LogP contribution < -0.4 is 10.6 Å². The summed E-state index contributed by atoms with van der Waals surface area (Å²) < 4.78 is 10.8. The van der Waals surface area contributed by atoms with Crippen molar-refractivity contribution >= 4 is 17.7 Å². The molecule has 0 aromatic carbocycles. The second-order valence-electron chi connectivity index (χ2n) is 9.96. The number of carbonyl (C=O) groups is 3. The van der Waals surface area contributed by atoms with Gasteiger partial charge in [-0.1, -0.05) is 84.0 Å². The van der Waals surface area contributed by atoms with Gasteiger partial charge in [-0.2, -0.15) is 0 Å². The third-order valence-electron chi connectivity index (χ3n) is 6.47. The number of carboxylic acid groups (broad SMARTS) is 1. The van der Waals surface area contributed by atoms with Gasteiger partial charge in [0.05, 0.1) is 19.8 Å². The summed E-state index contributed by atoms with van der Waals surface area (Å²) in [5.74, 6) is -1.34. The molecule has 8 heteroatoms. The Hall–Kier alpha value is -1.51. The van der Waals surface area contributed by atoms with Crippen molar-refractivity contribution in [1.82, 2.24) is 10.6 Å². The highest BCUT2D eigenvalue weighted by Gasteiger charge is 2.20. The number of unbranched alkanes of at least 4 members (excludes halogenated alkanes) is 12. The maximum absolute atomic E-state index is 12.2. The number of ether oxygens (including phenoxy) is 2. The lowest BCUT2D eigenvalue weighted by molar-refractivity contribution is -0.142. The monoisotopic (exact) mass is 528 g/mol. The highest BCUT2D eigenvalue weighted by atomic mass is 16.5. The van der Waals surface area contributed by atoms with Gasteiger partial charge in [0.15, 0.2) is 0 Å². The summed E-state index contributed by atoms with van der Waals surface area (Å²) in [5, 5.41) is 15.0. The van der Waals surface area contributed by atoms with E-state index < -0.39 is 12.0 Å². The molecule has 0 aliphatic rings. The fraction of sp³-hybridized carbons (Fsp3) is 0.897. The van der Waals surface area contributed by atoms with Crippen LogP contribution in [0.3, 0.4) is 0 Å². The van der Waals surface area contributed by atoms with Crippen LogP contribution in [0.2, 0.25) is 0 Å². The number of amides is 1. The molecule has 0 spiro atoms. The molecule has 0 radical (unpaired) electrons. The Morgan fingerprint density at radius 1 is 0.676 bits per heavy atom. The lowest BCUT2D eigenvalue weighted by atomic mass is 10.0. The van der Waals surface area contributed by atoms with Crippen molar-refractivity contribution in [3.63, 3.8) is 0 Å². The third kappa shape index (κ3) is 25.9. The van der Waals surface area contributed by atoms with Crippen molar-refractivity contribution in [2.75, 3.05) is 40.0 Å². The molecule has 37 heavy (non-hydrogen) atoms. The fourth-order valence-corrected chi connectivity index (χ4v) is 4.13. The van der Waals surface area contributed by atoms with E-state index in [1.807, 2.05) is 7.05 Å². The van der Waals surface area contributed by atoms with Crippen LogP contribution >= 0.6 is 0 Å². The Morgan fingerprint density at radius 3 is 1.76 bits per heavy atom. The van der Waals surface area contributed by atoms with Crippen LogP contribution in [0.25, 0.3) is 0 Å². The number of hydrogen-bond donors (Lipinski definition) is 3. The largest absolute Gasteiger partial charge is 0.480 e. The smallest absolute Gasteiger partial charge is 0.326 e. The molecule has 0 rings (SSSR count). The summed E-state index contributed by atoms with van der Waals surface area (Å²) in [4.78, 5) is 35.7. The second-order valence-corrected chi connectivity index (χ2v) is 9.96. The summed E-state index contributed by atoms with van der Waals surface area (Å²) in [7, 11) is 1.87. The Balaban J connectivity index is 3.70. The molecule has 1 unspecified atom stereocenters. The predicted octanol–water partition coefficient (Wildman–Crippen LogP) is 5.42. The van der Waals surface area contributed by atoms with Crippen LogP contribution in [0.15, 0.2) is 0 Å². The number of rotatable bonds is 29. The predicted molar refractivity (Wildman–Crippen MR) is 149 cm³/mol. The topological polar surface area (TPSA) is 114 Å². The minimum atomic E-state index is -1.09. The summed E-state index contributed by atoms with van der Waals surface area (Å²) in [6, 6.07) is -1.01. The van der Waals surface area contributed by atoms with E-state index >= 15 is 0 Å². The van der Waals surface area contributed by atoms with Crippen molar-refractivity contribution in [3.05, 3.63) is 0 Å². The van der Waals surface area contributed by atoms with Crippen LogP contribution in [0.5, 0.6) is 0 Å². The first-order valence-corrected chi connectivity index (χ1v) is 14.8. The van der Waals surface area contributed by atoms with Gasteiger partial charge < -0.3 is 25.2 Å². The summed E-state index contributed by atoms with van der Waals surface area (Å²) in [6.07, 6.45) is 17.6. The first-order valence-electron chi connectivity index (χ1n) is 14.8. The molecular formula is C29H56N2O6. The normalized spacial score (nSPS) is 11.9. The number of Topliss-reactive ketones (excluding diaryl/α,β-unsaturated/α-hetero) is 1. The highest BCUT2D eigenvalue weighted by molar-refractivity contribution is 5.84. The Morgan fingerprint density at radius 2 is 1.22 bits per heavy atom. The van der Waals surface area contributed by atoms with E-state index in [9.17, 15) is 19.5 Å². The molecule has 0 fully saturated rings. The quantitative estimate of drug-likeness (QED) is 0.111. The van der Waals surface area contributed by atoms with Gasteiger partial charge in [0.2, 0.25) is 5.91 Å². The minimum Gasteiger partial charge on any atom is -0.480 e. The van der Waals surface area contributed by atoms with Gasteiger partial charge in [-0.05, 0) is 26.3 Å². The number of likely N-dealkylation sites (N-methyl/N-ethyl adjacent to an activating group) is 1. The van der Waals surface area contributed by atoms with Gasteiger partial charge in [0.1, 0.15) is 11.8 Å². The molecule has 0 aliphatic heterocycles. The van der Waals surface area contributed by atoms with Crippen LogP contribution in [0, 0.1) is 0 Å². The molecule has 0 saturated heterocycles. The van der Waals surface area contributed by atoms with E-state index in [-0.39, 0.29) is 24.5 Å². The molecular weight excluding hydrogens is 472 g/mol. The Bertz CT molecular complexity index is 559. The van der Waals surface area contributed by atoms with E-state index in [1.54, 1.807) is 0 Å². The van der Waals surface area contributed by atoms with Crippen molar-refractivity contribution in [3.8, 4) is 0 Å². The van der Waals surface area contributed by atoms with Gasteiger partial charge in [-0.3, -0.25) is 9.59 Å². The minimum absolute atomic E-state index is 0.00846. The number of hydrogen-bond acceptors (Lipinski definition) is 6. The van der Waals surface area contributed by atoms with E-state index in [0.717, 1.165) is 25.8 Å². The van der Waals surface area contributed by atoms with Crippen molar-refractivity contribution < 1.29 is 29.0 Å². The standard InChI is InChI=1S/C29H56N2O6/c1-3-4-5-6-7-8-9-10-11-12-13-14-15-18-28(33)31-27(29(34)35)20-19-26(32)17-16-22-36-24-25-37-23-21-30-2/h27,30H,3-25H2,1-2H3,(H,31,33)(H,34,35). The lowest BCUT2D eigenvalue weighted by Crippen LogP contribution is -2.41. The van der Waals surface area contributed by atoms with Gasteiger partial charge in [0.25, 0.3) is 0 Å². The zero-order valence-corrected chi connectivity index (χ0v) is 23.8. The number of ketones is 1. The van der Waals surface area contributed by atoms with Crippen LogP contribution in [-0.4, -0.2) is 68.8 Å². The molecule has 3 N–H and O–H groups in total. The molecule has 0 heterocycles. The molecule has 0 aromatic heterocycles. The summed E-state index contributed by atoms with van der Waals surface area (Å²) in [5.41, 5.74) is 0. The summed E-state index contributed by atoms with van der Waals surface area (Å²) in [6.45, 7) is 5.17. The van der Waals surface area contributed by atoms with E-state index in [0.29, 0.717) is 45.7 Å². The molecule has 0 saturated carbocycles. The van der Waals surface area contributed by atoms with E-state index in [1.165, 1.54) is 64.2 Å². The number of aliphatic carboxylic acids is 1. The molecule has 0 bridgehead atoms.